The molecule has 13 heavy (non-hydrogen) atoms. The van der Waals surface area contributed by atoms with Crippen molar-refractivity contribution in [1.82, 2.24) is 0 Å². The third-order valence-corrected chi connectivity index (χ3v) is 3.76. The summed E-state index contributed by atoms with van der Waals surface area (Å²) in [6.07, 6.45) is 8.71. The molecule has 1 aromatic rings. The number of aryl methyl sites for hydroxylation is 1. The van der Waals surface area contributed by atoms with Crippen LogP contribution in [0.15, 0.2) is 18.2 Å². The minimum absolute atomic E-state index is 0.0867. The SMILES string of the molecule is Cc1cc2c([pH]1)C=CC(C)(S)C=C2. The molecule has 0 amide bonds. The van der Waals surface area contributed by atoms with Gasteiger partial charge in [-0.3, -0.25) is 0 Å². The predicted octanol–water partition coefficient (Wildman–Crippen LogP) is 3.75. The minimum Gasteiger partial charge on any atom is -0.164 e. The molecule has 0 N–H and O–H groups in total. The van der Waals surface area contributed by atoms with Crippen LogP contribution in [0.25, 0.3) is 12.2 Å². The first-order valence-corrected chi connectivity index (χ1v) is 5.82. The predicted molar refractivity (Wildman–Crippen MR) is 66.1 cm³/mol. The van der Waals surface area contributed by atoms with Crippen molar-refractivity contribution >= 4 is 33.0 Å². The normalized spacial score (nSPS) is 26.4. The summed E-state index contributed by atoms with van der Waals surface area (Å²) in [7, 11) is 0.852. The number of rotatable bonds is 0. The van der Waals surface area contributed by atoms with E-state index in [9.17, 15) is 0 Å². The lowest BCUT2D eigenvalue weighted by Crippen LogP contribution is -2.05. The molecule has 0 nitrogen and oxygen atoms in total. The maximum atomic E-state index is 4.54. The van der Waals surface area contributed by atoms with E-state index < -0.39 is 0 Å². The second-order valence-electron chi connectivity index (χ2n) is 3.71. The fraction of sp³-hybridized carbons (Fsp3) is 0.273. The van der Waals surface area contributed by atoms with Gasteiger partial charge in [0.1, 0.15) is 0 Å². The number of thiol groups is 1. The van der Waals surface area contributed by atoms with Crippen molar-refractivity contribution in [2.24, 2.45) is 0 Å². The molecule has 2 heteroatoms. The number of hydrogen-bond donors (Lipinski definition) is 1. The topological polar surface area (TPSA) is 0 Å². The molecule has 0 aromatic carbocycles. The molecule has 1 aromatic heterocycles. The molecule has 0 fully saturated rings. The van der Waals surface area contributed by atoms with E-state index in [1.54, 1.807) is 0 Å². The van der Waals surface area contributed by atoms with E-state index in [0.717, 1.165) is 8.19 Å². The second kappa shape index (κ2) is 3.08. The Morgan fingerprint density at radius 3 is 2.77 bits per heavy atom. The Bertz CT molecular complexity index is 349. The molecule has 1 heterocycles. The average Bonchev–Trinajstić information content (AvgIpc) is 2.34. The van der Waals surface area contributed by atoms with E-state index in [1.807, 2.05) is 0 Å². The van der Waals surface area contributed by atoms with Crippen LogP contribution in [0.5, 0.6) is 0 Å². The van der Waals surface area contributed by atoms with Gasteiger partial charge >= 0.3 is 0 Å². The van der Waals surface area contributed by atoms with Crippen molar-refractivity contribution in [3.05, 3.63) is 34.4 Å². The minimum atomic E-state index is -0.0867. The molecule has 2 rings (SSSR count). The van der Waals surface area contributed by atoms with Crippen LogP contribution >= 0.6 is 20.8 Å². The summed E-state index contributed by atoms with van der Waals surface area (Å²) in [4.78, 5) is 0. The van der Waals surface area contributed by atoms with Gasteiger partial charge in [-0.25, -0.2) is 0 Å². The maximum absolute atomic E-state index is 4.54. The molecular formula is C11H13PS. The molecule has 0 aliphatic heterocycles. The maximum Gasteiger partial charge on any atom is 0.0466 e. The van der Waals surface area contributed by atoms with E-state index >= 15 is 0 Å². The Morgan fingerprint density at radius 1 is 1.31 bits per heavy atom. The Kier molecular flexibility index (Phi) is 2.17. The summed E-state index contributed by atoms with van der Waals surface area (Å²) in [6, 6.07) is 2.27. The standard InChI is InChI=1S/C11H13PS/c1-8-7-9-3-5-11(2,13)6-4-10(9)12-8/h3-7,12-13H,1-2H3. The van der Waals surface area contributed by atoms with E-state index in [2.05, 4.69) is 56.8 Å². The monoisotopic (exact) mass is 208 g/mol. The van der Waals surface area contributed by atoms with E-state index in [0.29, 0.717) is 0 Å². The highest BCUT2D eigenvalue weighted by Crippen LogP contribution is 2.34. The molecule has 1 aliphatic carbocycles. The van der Waals surface area contributed by atoms with Gasteiger partial charge in [0.2, 0.25) is 0 Å². The Hall–Kier alpha value is -0.390. The lowest BCUT2D eigenvalue weighted by Gasteiger charge is -2.10. The van der Waals surface area contributed by atoms with Gasteiger partial charge in [0.05, 0.1) is 0 Å². The molecule has 2 atom stereocenters. The van der Waals surface area contributed by atoms with Gasteiger partial charge in [-0.05, 0) is 36.1 Å². The van der Waals surface area contributed by atoms with Crippen LogP contribution in [-0.4, -0.2) is 4.75 Å². The highest BCUT2D eigenvalue weighted by molar-refractivity contribution is 7.82. The van der Waals surface area contributed by atoms with Gasteiger partial charge in [-0.15, -0.1) is 8.19 Å². The first kappa shape index (κ1) is 9.18. The van der Waals surface area contributed by atoms with E-state index in [-0.39, 0.29) is 4.75 Å². The summed E-state index contributed by atoms with van der Waals surface area (Å²) >= 11 is 4.54. The van der Waals surface area contributed by atoms with Crippen LogP contribution in [0.3, 0.4) is 0 Å². The van der Waals surface area contributed by atoms with E-state index in [1.165, 1.54) is 16.2 Å². The van der Waals surface area contributed by atoms with Crippen molar-refractivity contribution in [3.63, 3.8) is 0 Å². The average molecular weight is 208 g/mol. The lowest BCUT2D eigenvalue weighted by atomic mass is 10.1. The molecule has 0 saturated heterocycles. The molecular weight excluding hydrogens is 195 g/mol. The third-order valence-electron chi connectivity index (χ3n) is 2.20. The summed E-state index contributed by atoms with van der Waals surface area (Å²) in [6.45, 7) is 4.29. The fourth-order valence-corrected chi connectivity index (χ4v) is 2.74. The molecule has 0 saturated carbocycles. The van der Waals surface area contributed by atoms with Crippen LogP contribution in [0, 0.1) is 6.92 Å². The second-order valence-corrected chi connectivity index (χ2v) is 6.25. The summed E-state index contributed by atoms with van der Waals surface area (Å²) < 4.78 is -0.0867. The molecule has 0 radical (unpaired) electrons. The van der Waals surface area contributed by atoms with E-state index in [4.69, 9.17) is 0 Å². The highest BCUT2D eigenvalue weighted by Gasteiger charge is 2.13. The zero-order valence-electron chi connectivity index (χ0n) is 7.83. The zero-order chi connectivity index (χ0) is 9.47. The Morgan fingerprint density at radius 2 is 2.00 bits per heavy atom. The van der Waals surface area contributed by atoms with Crippen molar-refractivity contribution in [2.75, 3.05) is 0 Å². The van der Waals surface area contributed by atoms with Crippen molar-refractivity contribution < 1.29 is 0 Å². The Balaban J connectivity index is 2.50. The van der Waals surface area contributed by atoms with Crippen molar-refractivity contribution in [3.8, 4) is 0 Å². The van der Waals surface area contributed by atoms with Crippen LogP contribution in [-0.2, 0) is 0 Å². The smallest absolute Gasteiger partial charge is 0.0466 e. The highest BCUT2D eigenvalue weighted by atomic mass is 32.1. The van der Waals surface area contributed by atoms with Gasteiger partial charge in [-0.2, -0.15) is 12.6 Å². The van der Waals surface area contributed by atoms with Gasteiger partial charge in [0, 0.05) is 4.75 Å². The number of hydrogen-bond acceptors (Lipinski definition) is 1. The fourth-order valence-electron chi connectivity index (χ4n) is 1.47. The summed E-state index contributed by atoms with van der Waals surface area (Å²) in [5.74, 6) is 0. The van der Waals surface area contributed by atoms with Crippen LogP contribution in [0.1, 0.15) is 23.1 Å². The Labute approximate surface area is 86.2 Å². The number of fused-ring (bicyclic) bond motifs is 1. The third kappa shape index (κ3) is 1.92. The molecule has 1 aliphatic rings. The van der Waals surface area contributed by atoms with Crippen LogP contribution < -0.4 is 0 Å². The van der Waals surface area contributed by atoms with Crippen molar-refractivity contribution in [2.45, 2.75) is 18.6 Å². The lowest BCUT2D eigenvalue weighted by molar-refractivity contribution is 1.03. The van der Waals surface area contributed by atoms with Gasteiger partial charge in [-0.1, -0.05) is 24.3 Å². The first-order chi connectivity index (χ1) is 6.07. The zero-order valence-corrected chi connectivity index (χ0v) is 9.73. The van der Waals surface area contributed by atoms with Crippen molar-refractivity contribution in [1.29, 1.82) is 0 Å². The molecule has 68 valence electrons. The largest absolute Gasteiger partial charge is 0.164 e. The molecule has 0 spiro atoms. The first-order valence-electron chi connectivity index (χ1n) is 4.37. The molecule has 0 bridgehead atoms. The molecule has 2 unspecified atom stereocenters. The van der Waals surface area contributed by atoms with Gasteiger partial charge in [0.15, 0.2) is 0 Å². The summed E-state index contributed by atoms with van der Waals surface area (Å²) in [5, 5.41) is 2.92. The van der Waals surface area contributed by atoms with Gasteiger partial charge in [0.25, 0.3) is 0 Å². The van der Waals surface area contributed by atoms with Crippen LogP contribution in [0.2, 0.25) is 0 Å². The summed E-state index contributed by atoms with van der Waals surface area (Å²) in [5.41, 5.74) is 1.37. The van der Waals surface area contributed by atoms with Crippen LogP contribution in [0.4, 0.5) is 0 Å². The quantitative estimate of drug-likeness (QED) is 0.617. The van der Waals surface area contributed by atoms with Gasteiger partial charge < -0.3 is 0 Å².